The van der Waals surface area contributed by atoms with Gasteiger partial charge in [0.2, 0.25) is 0 Å². The van der Waals surface area contributed by atoms with Crippen LogP contribution in [0, 0.1) is 11.8 Å². The molecule has 1 aliphatic carbocycles. The minimum atomic E-state index is -0.769. The summed E-state index contributed by atoms with van der Waals surface area (Å²) in [5, 5.41) is 0. The lowest BCUT2D eigenvalue weighted by atomic mass is 9.90. The molecule has 4 nitrogen and oxygen atoms in total. The molecule has 0 saturated heterocycles. The van der Waals surface area contributed by atoms with Gasteiger partial charge in [0.05, 0.1) is 13.2 Å². The van der Waals surface area contributed by atoms with Crippen molar-refractivity contribution >= 4 is 11.9 Å². The van der Waals surface area contributed by atoms with E-state index in [1.807, 2.05) is 12.2 Å². The van der Waals surface area contributed by atoms with Crippen LogP contribution >= 0.6 is 0 Å². The van der Waals surface area contributed by atoms with Gasteiger partial charge in [0, 0.05) is 0 Å². The number of esters is 2. The van der Waals surface area contributed by atoms with E-state index >= 15 is 0 Å². The molecular weight excluding hydrogens is 208 g/mol. The summed E-state index contributed by atoms with van der Waals surface area (Å²) < 4.78 is 9.83. The van der Waals surface area contributed by atoms with Crippen molar-refractivity contribution in [1.29, 1.82) is 0 Å². The van der Waals surface area contributed by atoms with Crippen molar-refractivity contribution in [1.82, 2.24) is 0 Å². The van der Waals surface area contributed by atoms with Crippen LogP contribution in [0.2, 0.25) is 0 Å². The van der Waals surface area contributed by atoms with E-state index < -0.39 is 17.9 Å². The molecule has 0 saturated carbocycles. The van der Waals surface area contributed by atoms with E-state index in [-0.39, 0.29) is 19.1 Å². The molecule has 0 aliphatic heterocycles. The first kappa shape index (κ1) is 12.7. The maximum Gasteiger partial charge on any atom is 0.320 e. The van der Waals surface area contributed by atoms with E-state index in [0.29, 0.717) is 0 Å². The number of rotatable bonds is 5. The first-order valence-electron chi connectivity index (χ1n) is 5.69. The molecule has 0 aromatic rings. The van der Waals surface area contributed by atoms with Crippen LogP contribution in [0.1, 0.15) is 26.7 Å². The Morgan fingerprint density at radius 1 is 1.12 bits per heavy atom. The van der Waals surface area contributed by atoms with Crippen molar-refractivity contribution in [3.8, 4) is 0 Å². The Kier molecular flexibility index (Phi) is 5.02. The van der Waals surface area contributed by atoms with Crippen LogP contribution in [0.4, 0.5) is 0 Å². The minimum absolute atomic E-state index is 0.00176. The molecule has 0 radical (unpaired) electrons. The third-order valence-corrected chi connectivity index (χ3v) is 2.60. The molecule has 90 valence electrons. The van der Waals surface area contributed by atoms with Gasteiger partial charge < -0.3 is 9.47 Å². The number of hydrogen-bond donors (Lipinski definition) is 0. The highest BCUT2D eigenvalue weighted by Crippen LogP contribution is 2.28. The number of hydrogen-bond acceptors (Lipinski definition) is 4. The second kappa shape index (κ2) is 6.30. The molecule has 0 amide bonds. The zero-order valence-corrected chi connectivity index (χ0v) is 9.77. The van der Waals surface area contributed by atoms with Crippen LogP contribution in [0.3, 0.4) is 0 Å². The molecule has 4 heteroatoms. The molecule has 0 bridgehead atoms. The van der Waals surface area contributed by atoms with Gasteiger partial charge in [-0.15, -0.1) is 0 Å². The van der Waals surface area contributed by atoms with Crippen molar-refractivity contribution < 1.29 is 19.1 Å². The zero-order chi connectivity index (χ0) is 12.0. The molecule has 0 heterocycles. The first-order chi connectivity index (χ1) is 7.70. The molecule has 0 spiro atoms. The van der Waals surface area contributed by atoms with Crippen molar-refractivity contribution in [2.24, 2.45) is 11.8 Å². The smallest absolute Gasteiger partial charge is 0.320 e. The van der Waals surface area contributed by atoms with E-state index in [0.717, 1.165) is 12.8 Å². The molecular formula is C12H18O4. The Balaban J connectivity index is 2.67. The van der Waals surface area contributed by atoms with E-state index in [1.165, 1.54) is 0 Å². The molecule has 0 atom stereocenters. The summed E-state index contributed by atoms with van der Waals surface area (Å²) in [5.41, 5.74) is 0. The molecule has 16 heavy (non-hydrogen) atoms. The van der Waals surface area contributed by atoms with Crippen LogP contribution in [-0.4, -0.2) is 25.2 Å². The van der Waals surface area contributed by atoms with Crippen LogP contribution in [0.25, 0.3) is 0 Å². The van der Waals surface area contributed by atoms with Gasteiger partial charge in [-0.1, -0.05) is 12.2 Å². The monoisotopic (exact) mass is 226 g/mol. The van der Waals surface area contributed by atoms with Crippen molar-refractivity contribution in [3.05, 3.63) is 12.2 Å². The predicted octanol–water partition coefficient (Wildman–Crippen LogP) is 1.70. The highest BCUT2D eigenvalue weighted by Gasteiger charge is 2.37. The molecule has 0 fully saturated rings. The van der Waals surface area contributed by atoms with E-state index in [9.17, 15) is 9.59 Å². The molecule has 0 aromatic carbocycles. The van der Waals surface area contributed by atoms with E-state index in [2.05, 4.69) is 0 Å². The topological polar surface area (TPSA) is 52.6 Å². The number of allylic oxidation sites excluding steroid dienone is 2. The van der Waals surface area contributed by atoms with Crippen LogP contribution in [0.5, 0.6) is 0 Å². The molecule has 0 N–H and O–H groups in total. The molecule has 1 rings (SSSR count). The normalized spacial score (nSPS) is 15.4. The van der Waals surface area contributed by atoms with Gasteiger partial charge in [-0.3, -0.25) is 9.59 Å². The summed E-state index contributed by atoms with van der Waals surface area (Å²) in [6, 6.07) is 0. The average Bonchev–Trinajstić information content (AvgIpc) is 2.72. The van der Waals surface area contributed by atoms with Gasteiger partial charge in [-0.2, -0.15) is 0 Å². The maximum absolute atomic E-state index is 11.7. The van der Waals surface area contributed by atoms with Crippen molar-refractivity contribution in [2.75, 3.05) is 13.2 Å². The Morgan fingerprint density at radius 2 is 1.56 bits per heavy atom. The van der Waals surface area contributed by atoms with Crippen LogP contribution < -0.4 is 0 Å². The van der Waals surface area contributed by atoms with Gasteiger partial charge in [-0.25, -0.2) is 0 Å². The van der Waals surface area contributed by atoms with Gasteiger partial charge in [0.1, 0.15) is 0 Å². The highest BCUT2D eigenvalue weighted by atomic mass is 16.6. The Hall–Kier alpha value is -1.32. The summed E-state index contributed by atoms with van der Waals surface area (Å²) in [5.74, 6) is -1.70. The van der Waals surface area contributed by atoms with Gasteiger partial charge in [0.15, 0.2) is 5.92 Å². The number of carbonyl (C=O) groups excluding carboxylic acids is 2. The highest BCUT2D eigenvalue weighted by molar-refractivity contribution is 5.95. The SMILES string of the molecule is CCOC(=O)C(C(=O)OCC)C1CC=CC1. The van der Waals surface area contributed by atoms with E-state index in [1.54, 1.807) is 13.8 Å². The fourth-order valence-electron chi connectivity index (χ4n) is 1.86. The lowest BCUT2D eigenvalue weighted by Crippen LogP contribution is -2.33. The molecule has 1 aliphatic rings. The zero-order valence-electron chi connectivity index (χ0n) is 9.77. The van der Waals surface area contributed by atoms with Crippen LogP contribution in [0.15, 0.2) is 12.2 Å². The number of ether oxygens (including phenoxy) is 2. The predicted molar refractivity (Wildman–Crippen MR) is 58.6 cm³/mol. The fraction of sp³-hybridized carbons (Fsp3) is 0.667. The summed E-state index contributed by atoms with van der Waals surface area (Å²) in [6.07, 6.45) is 5.44. The van der Waals surface area contributed by atoms with E-state index in [4.69, 9.17) is 9.47 Å². The Labute approximate surface area is 95.6 Å². The summed E-state index contributed by atoms with van der Waals surface area (Å²) in [6.45, 7) is 4.03. The first-order valence-corrected chi connectivity index (χ1v) is 5.69. The molecule has 0 aromatic heterocycles. The van der Waals surface area contributed by atoms with Crippen molar-refractivity contribution in [2.45, 2.75) is 26.7 Å². The lowest BCUT2D eigenvalue weighted by molar-refractivity contribution is -0.164. The van der Waals surface area contributed by atoms with Crippen LogP contribution in [-0.2, 0) is 19.1 Å². The second-order valence-electron chi connectivity index (χ2n) is 3.68. The number of carbonyl (C=O) groups is 2. The summed E-state index contributed by atoms with van der Waals surface area (Å²) >= 11 is 0. The lowest BCUT2D eigenvalue weighted by Gasteiger charge is -2.19. The Bertz CT molecular complexity index is 257. The van der Waals surface area contributed by atoms with Gasteiger partial charge in [0.25, 0.3) is 0 Å². The van der Waals surface area contributed by atoms with Crippen molar-refractivity contribution in [3.63, 3.8) is 0 Å². The fourth-order valence-corrected chi connectivity index (χ4v) is 1.86. The largest absolute Gasteiger partial charge is 0.465 e. The summed E-state index contributed by atoms with van der Waals surface area (Å²) in [7, 11) is 0. The average molecular weight is 226 g/mol. The standard InChI is InChI=1S/C12H18O4/c1-3-15-11(13)10(12(14)16-4-2)9-7-5-6-8-9/h5-6,9-10H,3-4,7-8H2,1-2H3. The van der Waals surface area contributed by atoms with Gasteiger partial charge in [-0.05, 0) is 32.6 Å². The minimum Gasteiger partial charge on any atom is -0.465 e. The second-order valence-corrected chi connectivity index (χ2v) is 3.68. The molecule has 0 unspecified atom stereocenters. The quantitative estimate of drug-likeness (QED) is 0.406. The van der Waals surface area contributed by atoms with Gasteiger partial charge >= 0.3 is 11.9 Å². The maximum atomic E-state index is 11.7. The Morgan fingerprint density at radius 3 is 1.94 bits per heavy atom. The third-order valence-electron chi connectivity index (χ3n) is 2.60. The third kappa shape index (κ3) is 3.08. The summed E-state index contributed by atoms with van der Waals surface area (Å²) in [4.78, 5) is 23.4.